The highest BCUT2D eigenvalue weighted by Gasteiger charge is 2.45. The summed E-state index contributed by atoms with van der Waals surface area (Å²) in [6.45, 7) is 0.532. The number of nitrogen functional groups attached to an aromatic ring is 1. The van der Waals surface area contributed by atoms with E-state index < -0.39 is 24.1 Å². The number of rotatable bonds is 1. The molecule has 6 rings (SSSR count). The van der Waals surface area contributed by atoms with Gasteiger partial charge >= 0.3 is 0 Å². The van der Waals surface area contributed by atoms with Crippen molar-refractivity contribution >= 4 is 61.1 Å². The van der Waals surface area contributed by atoms with Crippen LogP contribution in [0.25, 0.3) is 21.8 Å². The van der Waals surface area contributed by atoms with Crippen molar-refractivity contribution in [3.05, 3.63) is 56.9 Å². The predicted octanol–water partition coefficient (Wildman–Crippen LogP) is 4.19. The number of nitrogens with zero attached hydrogens (tertiary/aromatic N) is 4. The third-order valence-electron chi connectivity index (χ3n) is 6.11. The highest BCUT2D eigenvalue weighted by molar-refractivity contribution is 9.10. The number of carbonyl (C=O) groups excluding carboxylic acids is 1. The van der Waals surface area contributed by atoms with Crippen LogP contribution in [0.4, 0.5) is 10.2 Å². The van der Waals surface area contributed by atoms with E-state index >= 15 is 4.39 Å². The third kappa shape index (κ3) is 3.01. The maximum Gasteiger partial charge on any atom is 0.257 e. The highest BCUT2D eigenvalue weighted by atomic mass is 79.9. The van der Waals surface area contributed by atoms with Crippen LogP contribution in [0.2, 0.25) is 5.02 Å². The van der Waals surface area contributed by atoms with E-state index in [0.717, 1.165) is 0 Å². The van der Waals surface area contributed by atoms with Crippen LogP contribution >= 0.6 is 27.5 Å². The van der Waals surface area contributed by atoms with E-state index in [2.05, 4.69) is 26.0 Å². The Morgan fingerprint density at radius 1 is 1.30 bits per heavy atom. The molecule has 0 spiro atoms. The summed E-state index contributed by atoms with van der Waals surface area (Å²) in [6, 6.07) is 5.68. The molecule has 4 heterocycles. The molecular weight excluding hydrogens is 517 g/mol. The minimum Gasteiger partial charge on any atom is -0.462 e. The largest absolute Gasteiger partial charge is 0.462 e. The number of hydrogen-bond donors (Lipinski definition) is 1. The number of ether oxygens (including phenoxy) is 2. The smallest absolute Gasteiger partial charge is 0.257 e. The highest BCUT2D eigenvalue weighted by Crippen LogP contribution is 2.46. The number of pyridine rings is 1. The molecule has 2 N–H and O–H groups in total. The maximum absolute atomic E-state index is 15.2. The molecule has 33 heavy (non-hydrogen) atoms. The van der Waals surface area contributed by atoms with E-state index in [-0.39, 0.29) is 24.5 Å². The van der Waals surface area contributed by atoms with Crippen LogP contribution in [0.15, 0.2) is 34.9 Å². The van der Waals surface area contributed by atoms with Crippen molar-refractivity contribution in [1.29, 1.82) is 0 Å². The Balaban J connectivity index is 1.48. The van der Waals surface area contributed by atoms with Crippen LogP contribution in [0, 0.1) is 5.82 Å². The Morgan fingerprint density at radius 2 is 2.12 bits per heavy atom. The minimum absolute atomic E-state index is 0.0751. The molecule has 1 fully saturated rings. The minimum atomic E-state index is -0.697. The summed E-state index contributed by atoms with van der Waals surface area (Å²) in [5.74, 6) is -0.341. The standard InChI is InChI=1S/C22H16BrClFN5O3/c1-29-18-10-4-9(15(25)7-16(10)28-20(26)12(18)8-27-29)21(31)30-2-3-32-22-19(30)11-5-14(24)13(23)6-17(11)33-22/h4-8,19,22H,2-3H2,1H3,(H2,26,28)/t19-,22+/m0/s1. The Bertz CT molecular complexity index is 1490. The van der Waals surface area contributed by atoms with Crippen molar-refractivity contribution in [2.75, 3.05) is 18.9 Å². The van der Waals surface area contributed by atoms with Gasteiger partial charge in [-0.3, -0.25) is 9.48 Å². The summed E-state index contributed by atoms with van der Waals surface area (Å²) < 4.78 is 29.2. The molecular formula is C22H16BrClFN5O3. The average molecular weight is 533 g/mol. The quantitative estimate of drug-likeness (QED) is 0.395. The summed E-state index contributed by atoms with van der Waals surface area (Å²) >= 11 is 9.68. The number of amides is 1. The van der Waals surface area contributed by atoms with E-state index in [1.54, 1.807) is 35.0 Å². The van der Waals surface area contributed by atoms with Gasteiger partial charge in [0.2, 0.25) is 6.29 Å². The third-order valence-corrected chi connectivity index (χ3v) is 7.31. The fourth-order valence-electron chi connectivity index (χ4n) is 4.59. The first kappa shape index (κ1) is 20.6. The van der Waals surface area contributed by atoms with E-state index in [0.29, 0.717) is 42.6 Å². The van der Waals surface area contributed by atoms with Gasteiger partial charge in [-0.2, -0.15) is 5.10 Å². The number of anilines is 1. The first-order chi connectivity index (χ1) is 15.8. The van der Waals surface area contributed by atoms with Crippen LogP contribution < -0.4 is 10.5 Å². The summed E-state index contributed by atoms with van der Waals surface area (Å²) in [5, 5.41) is 5.94. The molecule has 4 aromatic rings. The zero-order valence-corrected chi connectivity index (χ0v) is 19.5. The van der Waals surface area contributed by atoms with E-state index in [1.165, 1.54) is 12.1 Å². The lowest BCUT2D eigenvalue weighted by Crippen LogP contribution is -2.47. The van der Waals surface area contributed by atoms with Crippen molar-refractivity contribution in [3.63, 3.8) is 0 Å². The van der Waals surface area contributed by atoms with E-state index in [4.69, 9.17) is 26.8 Å². The first-order valence-electron chi connectivity index (χ1n) is 10.1. The molecule has 0 bridgehead atoms. The van der Waals surface area contributed by atoms with Gasteiger partial charge in [-0.1, -0.05) is 11.6 Å². The molecule has 0 radical (unpaired) electrons. The number of nitrogens with two attached hydrogens (primary N) is 1. The Hall–Kier alpha value is -2.95. The van der Waals surface area contributed by atoms with Gasteiger partial charge < -0.3 is 20.1 Å². The second kappa shape index (κ2) is 7.28. The molecule has 0 aliphatic carbocycles. The monoisotopic (exact) mass is 531 g/mol. The SMILES string of the molecule is Cn1ncc2c(N)nc3cc(F)c(C(=O)N4CCO[C@@H]5Oc6cc(Br)c(Cl)cc6[C@@H]54)cc3c21. The zero-order valence-electron chi connectivity index (χ0n) is 17.2. The fraction of sp³-hybridized carbons (Fsp3) is 0.227. The van der Waals surface area contributed by atoms with Crippen LogP contribution in [0.1, 0.15) is 22.0 Å². The lowest BCUT2D eigenvalue weighted by atomic mass is 10.0. The van der Waals surface area contributed by atoms with E-state index in [9.17, 15) is 4.79 Å². The van der Waals surface area contributed by atoms with Gasteiger partial charge in [0, 0.05) is 35.1 Å². The molecule has 8 nitrogen and oxygen atoms in total. The fourth-order valence-corrected chi connectivity index (χ4v) is 5.08. The molecule has 2 aliphatic heterocycles. The Labute approximate surface area is 200 Å². The van der Waals surface area contributed by atoms with Gasteiger partial charge in [0.15, 0.2) is 0 Å². The Kier molecular flexibility index (Phi) is 4.55. The molecule has 0 unspecified atom stereocenters. The normalized spacial score (nSPS) is 19.6. The molecule has 168 valence electrons. The number of hydrogen-bond acceptors (Lipinski definition) is 6. The number of benzene rings is 2. The van der Waals surface area contributed by atoms with Crippen LogP contribution in [0.5, 0.6) is 5.75 Å². The van der Waals surface area contributed by atoms with Crippen molar-refractivity contribution in [2.45, 2.75) is 12.3 Å². The summed E-state index contributed by atoms with van der Waals surface area (Å²) in [4.78, 5) is 19.5. The zero-order chi connectivity index (χ0) is 23.0. The summed E-state index contributed by atoms with van der Waals surface area (Å²) in [5.41, 5.74) is 7.69. The van der Waals surface area contributed by atoms with Crippen molar-refractivity contribution < 1.29 is 18.7 Å². The van der Waals surface area contributed by atoms with Crippen LogP contribution in [-0.4, -0.2) is 45.0 Å². The first-order valence-corrected chi connectivity index (χ1v) is 11.3. The van der Waals surface area contributed by atoms with Crippen LogP contribution in [-0.2, 0) is 11.8 Å². The predicted molar refractivity (Wildman–Crippen MR) is 124 cm³/mol. The van der Waals surface area contributed by atoms with Gasteiger partial charge in [0.05, 0.1) is 39.8 Å². The number of fused-ring (bicyclic) bond motifs is 6. The van der Waals surface area contributed by atoms with E-state index in [1.807, 2.05) is 0 Å². The van der Waals surface area contributed by atoms with Crippen molar-refractivity contribution in [1.82, 2.24) is 19.7 Å². The molecule has 2 aromatic carbocycles. The second-order valence-corrected chi connectivity index (χ2v) is 9.24. The Morgan fingerprint density at radius 3 is 2.94 bits per heavy atom. The summed E-state index contributed by atoms with van der Waals surface area (Å²) in [7, 11) is 1.76. The molecule has 0 saturated carbocycles. The number of aromatic nitrogens is 3. The average Bonchev–Trinajstić information content (AvgIpc) is 3.34. The second-order valence-electron chi connectivity index (χ2n) is 7.98. The topological polar surface area (TPSA) is 95.5 Å². The molecule has 1 saturated heterocycles. The van der Waals surface area contributed by atoms with Crippen molar-refractivity contribution in [2.24, 2.45) is 7.05 Å². The van der Waals surface area contributed by atoms with Gasteiger partial charge in [-0.05, 0) is 34.1 Å². The van der Waals surface area contributed by atoms with Gasteiger partial charge in [0.25, 0.3) is 5.91 Å². The molecule has 2 atom stereocenters. The van der Waals surface area contributed by atoms with Crippen molar-refractivity contribution in [3.8, 4) is 5.75 Å². The van der Waals surface area contributed by atoms with Gasteiger partial charge in [0.1, 0.15) is 23.4 Å². The molecule has 2 aliphatic rings. The number of halogens is 3. The lowest BCUT2D eigenvalue weighted by molar-refractivity contribution is -0.140. The number of carbonyl (C=O) groups is 1. The maximum atomic E-state index is 15.2. The number of morpholine rings is 1. The molecule has 11 heteroatoms. The van der Waals surface area contributed by atoms with Gasteiger partial charge in [-0.25, -0.2) is 9.37 Å². The summed E-state index contributed by atoms with van der Waals surface area (Å²) in [6.07, 6.45) is 0.903. The lowest BCUT2D eigenvalue weighted by Gasteiger charge is -2.36. The molecule has 1 amide bonds. The number of aryl methyl sites for hydroxylation is 1. The molecule has 2 aromatic heterocycles. The van der Waals surface area contributed by atoms with Crippen LogP contribution in [0.3, 0.4) is 0 Å². The van der Waals surface area contributed by atoms with Gasteiger partial charge in [-0.15, -0.1) is 0 Å².